The number of nitrogens with zero attached hydrogens (tertiary/aromatic N) is 1. The Hall–Kier alpha value is -2.49. The van der Waals surface area contributed by atoms with E-state index in [-0.39, 0.29) is 0 Å². The molecule has 1 aromatic carbocycles. The second kappa shape index (κ2) is 7.19. The molecule has 0 unspecified atom stereocenters. The van der Waals surface area contributed by atoms with E-state index in [1.807, 2.05) is 36.4 Å². The van der Waals surface area contributed by atoms with E-state index in [0.717, 1.165) is 17.0 Å². The molecule has 104 valence electrons. The van der Waals surface area contributed by atoms with Crippen molar-refractivity contribution in [1.29, 1.82) is 0 Å². The fraction of sp³-hybridized carbons (Fsp3) is 0.188. The molecule has 0 aliphatic heterocycles. The summed E-state index contributed by atoms with van der Waals surface area (Å²) in [7, 11) is 1.60. The lowest BCUT2D eigenvalue weighted by Crippen LogP contribution is -2.03. The van der Waals surface area contributed by atoms with Gasteiger partial charge in [-0.25, -0.2) is 4.98 Å². The van der Waals surface area contributed by atoms with Gasteiger partial charge in [0.05, 0.1) is 19.0 Å². The molecule has 4 heteroatoms. The lowest BCUT2D eigenvalue weighted by molar-refractivity contribution is 0.359. The molecule has 2 rings (SSSR count). The fourth-order valence-electron chi connectivity index (χ4n) is 1.74. The molecular formula is C16H18N2O2. The summed E-state index contributed by atoms with van der Waals surface area (Å²) >= 11 is 0. The number of benzene rings is 1. The molecule has 0 aliphatic carbocycles. The van der Waals surface area contributed by atoms with Gasteiger partial charge in [-0.3, -0.25) is 0 Å². The van der Waals surface area contributed by atoms with Crippen LogP contribution in [0.5, 0.6) is 11.6 Å². The van der Waals surface area contributed by atoms with Gasteiger partial charge in [-0.05, 0) is 12.1 Å². The van der Waals surface area contributed by atoms with E-state index >= 15 is 0 Å². The molecule has 0 saturated heterocycles. The van der Waals surface area contributed by atoms with Crippen LogP contribution in [-0.2, 0) is 6.54 Å². The summed E-state index contributed by atoms with van der Waals surface area (Å²) in [5, 5.41) is 3.31. The zero-order valence-electron chi connectivity index (χ0n) is 11.5. The summed E-state index contributed by atoms with van der Waals surface area (Å²) in [5.74, 6) is 1.46. The van der Waals surface area contributed by atoms with E-state index in [1.54, 1.807) is 19.4 Å². The molecule has 0 bridgehead atoms. The summed E-state index contributed by atoms with van der Waals surface area (Å²) < 4.78 is 10.6. The van der Waals surface area contributed by atoms with Gasteiger partial charge in [-0.1, -0.05) is 30.9 Å². The molecule has 4 nitrogen and oxygen atoms in total. The summed E-state index contributed by atoms with van der Waals surface area (Å²) in [6.45, 7) is 4.82. The molecule has 1 heterocycles. The van der Waals surface area contributed by atoms with Crippen molar-refractivity contribution in [2.45, 2.75) is 6.54 Å². The van der Waals surface area contributed by atoms with Gasteiger partial charge in [0.25, 0.3) is 0 Å². The molecule has 0 fully saturated rings. The summed E-state index contributed by atoms with van der Waals surface area (Å²) in [4.78, 5) is 4.15. The van der Waals surface area contributed by atoms with Crippen LogP contribution in [0.25, 0.3) is 0 Å². The number of hydrogen-bond acceptors (Lipinski definition) is 4. The highest BCUT2D eigenvalue weighted by Gasteiger charge is 2.02. The van der Waals surface area contributed by atoms with Crippen LogP contribution in [0.3, 0.4) is 0 Å². The van der Waals surface area contributed by atoms with Gasteiger partial charge in [-0.15, -0.1) is 0 Å². The lowest BCUT2D eigenvalue weighted by atomic mass is 10.2. The normalized spacial score (nSPS) is 9.85. The van der Waals surface area contributed by atoms with Gasteiger partial charge in [-0.2, -0.15) is 0 Å². The van der Waals surface area contributed by atoms with E-state index in [9.17, 15) is 0 Å². The number of aromatic nitrogens is 1. The molecule has 0 spiro atoms. The molecular weight excluding hydrogens is 252 g/mol. The first-order valence-electron chi connectivity index (χ1n) is 6.39. The molecule has 0 aliphatic rings. The summed E-state index contributed by atoms with van der Waals surface area (Å²) in [6.07, 6.45) is 3.48. The third-order valence-electron chi connectivity index (χ3n) is 2.76. The Morgan fingerprint density at radius 3 is 2.80 bits per heavy atom. The van der Waals surface area contributed by atoms with Crippen LogP contribution in [-0.4, -0.2) is 18.7 Å². The average molecular weight is 270 g/mol. The van der Waals surface area contributed by atoms with Crippen molar-refractivity contribution in [3.8, 4) is 11.6 Å². The third kappa shape index (κ3) is 3.75. The van der Waals surface area contributed by atoms with E-state index in [0.29, 0.717) is 19.0 Å². The van der Waals surface area contributed by atoms with Crippen LogP contribution in [0.15, 0.2) is 55.3 Å². The zero-order chi connectivity index (χ0) is 14.2. The minimum absolute atomic E-state index is 0.501. The van der Waals surface area contributed by atoms with Crippen molar-refractivity contribution in [1.82, 2.24) is 4.98 Å². The predicted molar refractivity (Wildman–Crippen MR) is 80.2 cm³/mol. The Balaban J connectivity index is 2.00. The van der Waals surface area contributed by atoms with Crippen LogP contribution in [0.2, 0.25) is 0 Å². The average Bonchev–Trinajstić information content (AvgIpc) is 2.52. The fourth-order valence-corrected chi connectivity index (χ4v) is 1.74. The Bertz CT molecular complexity index is 553. The summed E-state index contributed by atoms with van der Waals surface area (Å²) in [5.41, 5.74) is 2.02. The second-order valence-corrected chi connectivity index (χ2v) is 4.15. The maximum absolute atomic E-state index is 5.62. The molecule has 1 aromatic heterocycles. The van der Waals surface area contributed by atoms with Crippen molar-refractivity contribution in [2.75, 3.05) is 19.0 Å². The standard InChI is InChI=1S/C16H18N2O2/c1-3-10-20-15-7-5-4-6-13(15)11-17-14-8-9-16(19-2)18-12-14/h3-9,12,17H,1,10-11H2,2H3. The number of para-hydroxylation sites is 1. The second-order valence-electron chi connectivity index (χ2n) is 4.15. The maximum Gasteiger partial charge on any atom is 0.213 e. The van der Waals surface area contributed by atoms with Crippen molar-refractivity contribution < 1.29 is 9.47 Å². The molecule has 0 radical (unpaired) electrons. The van der Waals surface area contributed by atoms with Crippen LogP contribution in [0.1, 0.15) is 5.56 Å². The van der Waals surface area contributed by atoms with Crippen LogP contribution in [0.4, 0.5) is 5.69 Å². The minimum Gasteiger partial charge on any atom is -0.489 e. The van der Waals surface area contributed by atoms with Crippen molar-refractivity contribution >= 4 is 5.69 Å². The van der Waals surface area contributed by atoms with Gasteiger partial charge in [0, 0.05) is 18.2 Å². The number of rotatable bonds is 7. The molecule has 2 aromatic rings. The molecule has 0 saturated carbocycles. The third-order valence-corrected chi connectivity index (χ3v) is 2.76. The Labute approximate surface area is 119 Å². The SMILES string of the molecule is C=CCOc1ccccc1CNc1ccc(OC)nc1. The summed E-state index contributed by atoms with van der Waals surface area (Å²) in [6, 6.07) is 11.7. The number of methoxy groups -OCH3 is 1. The van der Waals surface area contributed by atoms with Crippen LogP contribution >= 0.6 is 0 Å². The zero-order valence-corrected chi connectivity index (χ0v) is 11.5. The predicted octanol–water partition coefficient (Wildman–Crippen LogP) is 3.27. The Morgan fingerprint density at radius 2 is 2.10 bits per heavy atom. The number of hydrogen-bond donors (Lipinski definition) is 1. The minimum atomic E-state index is 0.501. The van der Waals surface area contributed by atoms with Crippen molar-refractivity contribution in [3.05, 3.63) is 60.8 Å². The number of pyridine rings is 1. The van der Waals surface area contributed by atoms with E-state index in [2.05, 4.69) is 16.9 Å². The van der Waals surface area contributed by atoms with Crippen molar-refractivity contribution in [3.63, 3.8) is 0 Å². The molecule has 0 atom stereocenters. The lowest BCUT2D eigenvalue weighted by Gasteiger charge is -2.11. The van der Waals surface area contributed by atoms with Gasteiger partial charge in [0.2, 0.25) is 5.88 Å². The first kappa shape index (κ1) is 13.9. The first-order chi connectivity index (χ1) is 9.83. The van der Waals surface area contributed by atoms with Gasteiger partial charge in [0.15, 0.2) is 0 Å². The smallest absolute Gasteiger partial charge is 0.213 e. The van der Waals surface area contributed by atoms with Crippen molar-refractivity contribution in [2.24, 2.45) is 0 Å². The molecule has 1 N–H and O–H groups in total. The van der Waals surface area contributed by atoms with E-state index in [4.69, 9.17) is 9.47 Å². The topological polar surface area (TPSA) is 43.4 Å². The maximum atomic E-state index is 5.62. The van der Waals surface area contributed by atoms with E-state index in [1.165, 1.54) is 0 Å². The highest BCUT2D eigenvalue weighted by atomic mass is 16.5. The highest BCUT2D eigenvalue weighted by molar-refractivity contribution is 5.44. The first-order valence-corrected chi connectivity index (χ1v) is 6.39. The largest absolute Gasteiger partial charge is 0.489 e. The van der Waals surface area contributed by atoms with Gasteiger partial charge < -0.3 is 14.8 Å². The van der Waals surface area contributed by atoms with E-state index < -0.39 is 0 Å². The highest BCUT2D eigenvalue weighted by Crippen LogP contribution is 2.20. The van der Waals surface area contributed by atoms with Gasteiger partial charge in [0.1, 0.15) is 12.4 Å². The molecule has 0 amide bonds. The molecule has 20 heavy (non-hydrogen) atoms. The Kier molecular flexibility index (Phi) is 5.00. The van der Waals surface area contributed by atoms with Gasteiger partial charge >= 0.3 is 0 Å². The number of anilines is 1. The monoisotopic (exact) mass is 270 g/mol. The number of nitrogens with one attached hydrogen (secondary N) is 1. The van der Waals surface area contributed by atoms with Crippen LogP contribution in [0, 0.1) is 0 Å². The number of ether oxygens (including phenoxy) is 2. The van der Waals surface area contributed by atoms with Crippen LogP contribution < -0.4 is 14.8 Å². The quantitative estimate of drug-likeness (QED) is 0.784. The Morgan fingerprint density at radius 1 is 1.25 bits per heavy atom.